The van der Waals surface area contributed by atoms with Gasteiger partial charge in [0.05, 0.1) is 33.3 Å². The van der Waals surface area contributed by atoms with E-state index in [9.17, 15) is 0 Å². The quantitative estimate of drug-likeness (QED) is 0.243. The third-order valence-corrected chi connectivity index (χ3v) is 5.20. The lowest BCUT2D eigenvalue weighted by Crippen LogP contribution is -2.06. The summed E-state index contributed by atoms with van der Waals surface area (Å²) in [6.07, 6.45) is 2.02. The molecule has 0 bridgehead atoms. The Balaban J connectivity index is 1.86. The molecule has 0 heterocycles. The fourth-order valence-corrected chi connectivity index (χ4v) is 3.34. The standard InChI is InChI=1S/C18H13Cl7O3/c19-11-2-3-12(20)18(16(11)25)28-6-1-5-27-17-13(21)8-10(9-14(17)22)26-7-4-15(23)24/h2-4,8-9H,1,5-7H2. The van der Waals surface area contributed by atoms with Gasteiger partial charge < -0.3 is 14.2 Å². The molecule has 3 nitrogen and oxygen atoms in total. The summed E-state index contributed by atoms with van der Waals surface area (Å²) in [7, 11) is 0. The summed E-state index contributed by atoms with van der Waals surface area (Å²) in [5, 5.41) is 1.63. The van der Waals surface area contributed by atoms with Crippen molar-refractivity contribution in [3.63, 3.8) is 0 Å². The molecular formula is C18H13Cl7O3. The van der Waals surface area contributed by atoms with Gasteiger partial charge in [-0.3, -0.25) is 0 Å². The fourth-order valence-electron chi connectivity index (χ4n) is 2.01. The van der Waals surface area contributed by atoms with E-state index >= 15 is 0 Å². The molecule has 152 valence electrons. The molecule has 2 rings (SSSR count). The Bertz CT molecular complexity index is 828. The Kier molecular flexibility index (Phi) is 9.99. The van der Waals surface area contributed by atoms with Gasteiger partial charge in [0.15, 0.2) is 11.5 Å². The molecule has 2 aromatic rings. The SMILES string of the molecule is ClC(Cl)=CCOc1cc(Cl)c(OCCCOc2c(Cl)ccc(Cl)c2Cl)c(Cl)c1. The minimum Gasteiger partial charge on any atom is -0.490 e. The Morgan fingerprint density at radius 2 is 1.32 bits per heavy atom. The van der Waals surface area contributed by atoms with E-state index in [0.29, 0.717) is 57.0 Å². The van der Waals surface area contributed by atoms with Crippen LogP contribution >= 0.6 is 81.2 Å². The summed E-state index contributed by atoms with van der Waals surface area (Å²) in [6.45, 7) is 0.795. The van der Waals surface area contributed by atoms with Crippen LogP contribution in [0.5, 0.6) is 17.2 Å². The van der Waals surface area contributed by atoms with E-state index in [1.807, 2.05) is 0 Å². The first-order valence-electron chi connectivity index (χ1n) is 7.81. The van der Waals surface area contributed by atoms with Crippen LogP contribution in [0.2, 0.25) is 25.1 Å². The van der Waals surface area contributed by atoms with Gasteiger partial charge in [-0.15, -0.1) is 0 Å². The van der Waals surface area contributed by atoms with Crippen LogP contribution in [0.1, 0.15) is 6.42 Å². The smallest absolute Gasteiger partial charge is 0.157 e. The largest absolute Gasteiger partial charge is 0.490 e. The number of hydrogen-bond donors (Lipinski definition) is 0. The fraction of sp³-hybridized carbons (Fsp3) is 0.222. The van der Waals surface area contributed by atoms with Crippen LogP contribution in [0.15, 0.2) is 34.8 Å². The van der Waals surface area contributed by atoms with Crippen LogP contribution in [0, 0.1) is 0 Å². The third-order valence-electron chi connectivity index (χ3n) is 3.24. The molecule has 0 saturated heterocycles. The van der Waals surface area contributed by atoms with Crippen molar-refractivity contribution in [3.8, 4) is 17.2 Å². The third kappa shape index (κ3) is 7.14. The van der Waals surface area contributed by atoms with Gasteiger partial charge in [-0.1, -0.05) is 81.2 Å². The highest BCUT2D eigenvalue weighted by Gasteiger charge is 2.12. The van der Waals surface area contributed by atoms with Crippen molar-refractivity contribution >= 4 is 81.2 Å². The summed E-state index contributed by atoms with van der Waals surface area (Å²) < 4.78 is 16.8. The monoisotopic (exact) mass is 522 g/mol. The summed E-state index contributed by atoms with van der Waals surface area (Å²) in [5.74, 6) is 1.14. The number of rotatable bonds is 9. The Labute approximate surface area is 197 Å². The van der Waals surface area contributed by atoms with Gasteiger partial charge in [0.1, 0.15) is 21.9 Å². The number of ether oxygens (including phenoxy) is 3. The van der Waals surface area contributed by atoms with E-state index in [1.54, 1.807) is 24.3 Å². The zero-order chi connectivity index (χ0) is 20.7. The molecule has 0 aliphatic carbocycles. The summed E-state index contributed by atoms with van der Waals surface area (Å²) in [4.78, 5) is 0. The molecule has 0 amide bonds. The average molecular weight is 525 g/mol. The lowest BCUT2D eigenvalue weighted by atomic mass is 10.3. The highest BCUT2D eigenvalue weighted by atomic mass is 35.5. The van der Waals surface area contributed by atoms with Crippen molar-refractivity contribution in [2.75, 3.05) is 19.8 Å². The molecule has 2 aromatic carbocycles. The molecule has 0 unspecified atom stereocenters. The predicted octanol–water partition coefficient (Wildman–Crippen LogP) is 8.50. The maximum Gasteiger partial charge on any atom is 0.157 e. The Hall–Kier alpha value is -0.390. The zero-order valence-electron chi connectivity index (χ0n) is 14.1. The van der Waals surface area contributed by atoms with E-state index in [4.69, 9.17) is 95.4 Å². The molecule has 0 saturated carbocycles. The molecule has 0 aromatic heterocycles. The van der Waals surface area contributed by atoms with Gasteiger partial charge in [0, 0.05) is 18.6 Å². The van der Waals surface area contributed by atoms with Gasteiger partial charge in [0.2, 0.25) is 0 Å². The highest BCUT2D eigenvalue weighted by molar-refractivity contribution is 6.55. The van der Waals surface area contributed by atoms with Crippen LogP contribution in [0.4, 0.5) is 0 Å². The zero-order valence-corrected chi connectivity index (χ0v) is 19.4. The average Bonchev–Trinajstić information content (AvgIpc) is 2.62. The topological polar surface area (TPSA) is 27.7 Å². The number of benzene rings is 2. The van der Waals surface area contributed by atoms with Gasteiger partial charge in [-0.25, -0.2) is 0 Å². The van der Waals surface area contributed by atoms with E-state index in [-0.39, 0.29) is 16.1 Å². The maximum atomic E-state index is 6.21. The molecule has 0 N–H and O–H groups in total. The molecule has 0 aliphatic rings. The van der Waals surface area contributed by atoms with Crippen molar-refractivity contribution in [2.45, 2.75) is 6.42 Å². The Morgan fingerprint density at radius 1 is 0.750 bits per heavy atom. The maximum absolute atomic E-state index is 6.21. The number of halogens is 7. The van der Waals surface area contributed by atoms with Crippen molar-refractivity contribution in [1.29, 1.82) is 0 Å². The second-order valence-corrected chi connectivity index (χ2v) is 8.26. The Morgan fingerprint density at radius 3 is 1.93 bits per heavy atom. The van der Waals surface area contributed by atoms with Crippen molar-refractivity contribution < 1.29 is 14.2 Å². The molecular weight excluding hydrogens is 512 g/mol. The van der Waals surface area contributed by atoms with Crippen LogP contribution in [0.3, 0.4) is 0 Å². The lowest BCUT2D eigenvalue weighted by molar-refractivity contribution is 0.247. The van der Waals surface area contributed by atoms with Crippen LogP contribution in [0.25, 0.3) is 0 Å². The summed E-state index contributed by atoms with van der Waals surface area (Å²) >= 11 is 41.5. The normalized spacial score (nSPS) is 10.5. The summed E-state index contributed by atoms with van der Waals surface area (Å²) in [6, 6.07) is 6.38. The van der Waals surface area contributed by atoms with Crippen molar-refractivity contribution in [1.82, 2.24) is 0 Å². The van der Waals surface area contributed by atoms with Crippen LogP contribution in [-0.4, -0.2) is 19.8 Å². The van der Waals surface area contributed by atoms with Crippen LogP contribution in [-0.2, 0) is 0 Å². The first-order chi connectivity index (χ1) is 13.3. The minimum atomic E-state index is 0.111. The van der Waals surface area contributed by atoms with E-state index in [0.717, 1.165) is 0 Å². The summed E-state index contributed by atoms with van der Waals surface area (Å²) in [5.41, 5.74) is 0. The molecule has 0 radical (unpaired) electrons. The molecule has 0 aliphatic heterocycles. The first-order valence-corrected chi connectivity index (χ1v) is 10.5. The van der Waals surface area contributed by atoms with Crippen molar-refractivity contribution in [3.05, 3.63) is 59.9 Å². The molecule has 10 heteroatoms. The van der Waals surface area contributed by atoms with Gasteiger partial charge in [-0.05, 0) is 18.2 Å². The van der Waals surface area contributed by atoms with Crippen molar-refractivity contribution in [2.24, 2.45) is 0 Å². The van der Waals surface area contributed by atoms with Crippen LogP contribution < -0.4 is 14.2 Å². The first kappa shape index (κ1) is 23.9. The number of hydrogen-bond acceptors (Lipinski definition) is 3. The van der Waals surface area contributed by atoms with Gasteiger partial charge in [-0.2, -0.15) is 0 Å². The van der Waals surface area contributed by atoms with E-state index in [1.165, 1.54) is 6.08 Å². The van der Waals surface area contributed by atoms with E-state index < -0.39 is 0 Å². The molecule has 0 atom stereocenters. The molecule has 28 heavy (non-hydrogen) atoms. The minimum absolute atomic E-state index is 0.111. The second kappa shape index (κ2) is 11.7. The molecule has 0 spiro atoms. The van der Waals surface area contributed by atoms with Gasteiger partial charge >= 0.3 is 0 Å². The molecule has 0 fully saturated rings. The van der Waals surface area contributed by atoms with E-state index in [2.05, 4.69) is 0 Å². The predicted molar refractivity (Wildman–Crippen MR) is 119 cm³/mol. The van der Waals surface area contributed by atoms with Gasteiger partial charge in [0.25, 0.3) is 0 Å². The highest BCUT2D eigenvalue weighted by Crippen LogP contribution is 2.39. The second-order valence-electron chi connectivity index (χ2n) is 5.24. The lowest BCUT2D eigenvalue weighted by Gasteiger charge is -2.13.